The van der Waals surface area contributed by atoms with E-state index in [-0.39, 0.29) is 19.3 Å². The van der Waals surface area contributed by atoms with E-state index in [9.17, 15) is 22.4 Å². The summed E-state index contributed by atoms with van der Waals surface area (Å²) in [6.07, 6.45) is -3.78. The molecule has 1 fully saturated rings. The van der Waals surface area contributed by atoms with Crippen LogP contribution in [-0.4, -0.2) is 67.6 Å². The van der Waals surface area contributed by atoms with Crippen LogP contribution in [0.1, 0.15) is 21.5 Å². The van der Waals surface area contributed by atoms with Crippen LogP contribution >= 0.6 is 0 Å². The normalized spacial score (nSPS) is 16.5. The van der Waals surface area contributed by atoms with Gasteiger partial charge in [-0.2, -0.15) is 8.78 Å². The number of rotatable bonds is 8. The van der Waals surface area contributed by atoms with Crippen molar-refractivity contribution in [1.82, 2.24) is 9.80 Å². The minimum atomic E-state index is -4.20. The Balaban J connectivity index is 1.27. The van der Waals surface area contributed by atoms with E-state index in [0.717, 1.165) is 23.6 Å². The van der Waals surface area contributed by atoms with Crippen molar-refractivity contribution < 1.29 is 36.6 Å². The standard InChI is InChI=1S/C23H24F4N2O4/c24-22(25)23(26,27)14-31-13-17-2-1-3-18(10-17)21(30)29-8-6-28(7-9-29)12-16-4-5-19-20(11-16)33-15-32-19/h1-5,10-11,22H,6-9,12-15H2. The maximum Gasteiger partial charge on any atom is 0.330 e. The average Bonchev–Trinajstić information content (AvgIpc) is 3.27. The molecule has 2 aromatic carbocycles. The molecule has 6 nitrogen and oxygen atoms in total. The fraction of sp³-hybridized carbons (Fsp3) is 0.435. The molecule has 0 aromatic heterocycles. The molecule has 0 N–H and O–H groups in total. The summed E-state index contributed by atoms with van der Waals surface area (Å²) in [4.78, 5) is 16.9. The van der Waals surface area contributed by atoms with Gasteiger partial charge in [0, 0.05) is 38.3 Å². The second kappa shape index (κ2) is 9.96. The Morgan fingerprint density at radius 3 is 2.52 bits per heavy atom. The monoisotopic (exact) mass is 468 g/mol. The van der Waals surface area contributed by atoms with Crippen LogP contribution in [0.15, 0.2) is 42.5 Å². The zero-order valence-electron chi connectivity index (χ0n) is 17.8. The maximum absolute atomic E-state index is 13.0. The van der Waals surface area contributed by atoms with E-state index in [2.05, 4.69) is 4.90 Å². The average molecular weight is 468 g/mol. The van der Waals surface area contributed by atoms with E-state index in [1.54, 1.807) is 29.2 Å². The third-order valence-corrected chi connectivity index (χ3v) is 5.56. The molecule has 1 amide bonds. The molecule has 0 unspecified atom stereocenters. The van der Waals surface area contributed by atoms with E-state index in [1.807, 2.05) is 18.2 Å². The number of carbonyl (C=O) groups is 1. The van der Waals surface area contributed by atoms with Crippen molar-refractivity contribution in [3.63, 3.8) is 0 Å². The lowest BCUT2D eigenvalue weighted by Crippen LogP contribution is -2.48. The highest BCUT2D eigenvalue weighted by molar-refractivity contribution is 5.94. The summed E-state index contributed by atoms with van der Waals surface area (Å²) in [6.45, 7) is 1.79. The zero-order valence-corrected chi connectivity index (χ0v) is 17.8. The molecule has 0 aliphatic carbocycles. The number of halogens is 4. The number of benzene rings is 2. The van der Waals surface area contributed by atoms with Gasteiger partial charge in [-0.15, -0.1) is 0 Å². The highest BCUT2D eigenvalue weighted by atomic mass is 19.3. The molecule has 178 valence electrons. The van der Waals surface area contributed by atoms with Gasteiger partial charge in [0.25, 0.3) is 5.91 Å². The van der Waals surface area contributed by atoms with Crippen LogP contribution < -0.4 is 9.47 Å². The van der Waals surface area contributed by atoms with Crippen LogP contribution in [0, 0.1) is 0 Å². The lowest BCUT2D eigenvalue weighted by Gasteiger charge is -2.35. The molecule has 0 saturated carbocycles. The molecule has 1 saturated heterocycles. The Bertz CT molecular complexity index is 981. The fourth-order valence-corrected chi connectivity index (χ4v) is 3.75. The highest BCUT2D eigenvalue weighted by Crippen LogP contribution is 2.33. The lowest BCUT2D eigenvalue weighted by molar-refractivity contribution is -0.168. The Labute approximate surface area is 188 Å². The quantitative estimate of drug-likeness (QED) is 0.552. The van der Waals surface area contributed by atoms with E-state index >= 15 is 0 Å². The molecule has 2 aromatic rings. The summed E-state index contributed by atoms with van der Waals surface area (Å²) >= 11 is 0. The van der Waals surface area contributed by atoms with Crippen LogP contribution in [0.4, 0.5) is 17.6 Å². The summed E-state index contributed by atoms with van der Waals surface area (Å²) in [7, 11) is 0. The number of hydrogen-bond acceptors (Lipinski definition) is 5. The molecular weight excluding hydrogens is 444 g/mol. The van der Waals surface area contributed by atoms with Crippen molar-refractivity contribution in [3.05, 3.63) is 59.2 Å². The van der Waals surface area contributed by atoms with Gasteiger partial charge in [-0.1, -0.05) is 18.2 Å². The number of amides is 1. The summed E-state index contributed by atoms with van der Waals surface area (Å²) in [5, 5.41) is 0. The van der Waals surface area contributed by atoms with Gasteiger partial charge in [0.2, 0.25) is 6.79 Å². The molecule has 2 heterocycles. The molecule has 33 heavy (non-hydrogen) atoms. The summed E-state index contributed by atoms with van der Waals surface area (Å²) < 4.78 is 65.9. The molecule has 2 aliphatic rings. The predicted molar refractivity (Wildman–Crippen MR) is 111 cm³/mol. The van der Waals surface area contributed by atoms with Gasteiger partial charge in [0.15, 0.2) is 11.5 Å². The van der Waals surface area contributed by atoms with E-state index in [0.29, 0.717) is 37.3 Å². The summed E-state index contributed by atoms with van der Waals surface area (Å²) in [5.74, 6) is -2.89. The first-order chi connectivity index (χ1) is 15.8. The number of piperazine rings is 1. The lowest BCUT2D eigenvalue weighted by atomic mass is 10.1. The van der Waals surface area contributed by atoms with Crippen molar-refractivity contribution in [1.29, 1.82) is 0 Å². The first kappa shape index (κ1) is 23.3. The van der Waals surface area contributed by atoms with Crippen molar-refractivity contribution in [2.45, 2.75) is 25.5 Å². The number of ether oxygens (including phenoxy) is 3. The van der Waals surface area contributed by atoms with E-state index < -0.39 is 19.0 Å². The molecule has 2 aliphatic heterocycles. The first-order valence-electron chi connectivity index (χ1n) is 10.5. The molecule has 10 heteroatoms. The largest absolute Gasteiger partial charge is 0.454 e. The van der Waals surface area contributed by atoms with Crippen molar-refractivity contribution in [2.75, 3.05) is 39.6 Å². The van der Waals surface area contributed by atoms with Crippen molar-refractivity contribution in [2.24, 2.45) is 0 Å². The Hall–Kier alpha value is -2.85. The molecule has 0 spiro atoms. The SMILES string of the molecule is O=C(c1cccc(COCC(F)(F)C(F)F)c1)N1CCN(Cc2ccc3c(c2)OCO3)CC1. The minimum Gasteiger partial charge on any atom is -0.454 e. The van der Waals surface area contributed by atoms with Gasteiger partial charge in [-0.25, -0.2) is 8.78 Å². The number of carbonyl (C=O) groups excluding carboxylic acids is 1. The van der Waals surface area contributed by atoms with Gasteiger partial charge in [0.05, 0.1) is 6.61 Å². The topological polar surface area (TPSA) is 51.2 Å². The Morgan fingerprint density at radius 1 is 1.00 bits per heavy atom. The number of alkyl halides is 4. The molecule has 0 bridgehead atoms. The minimum absolute atomic E-state index is 0.169. The summed E-state index contributed by atoms with van der Waals surface area (Å²) in [6, 6.07) is 12.2. The third-order valence-electron chi connectivity index (χ3n) is 5.56. The van der Waals surface area contributed by atoms with E-state index in [4.69, 9.17) is 14.2 Å². The predicted octanol–water partition coefficient (Wildman–Crippen LogP) is 3.79. The van der Waals surface area contributed by atoms with Gasteiger partial charge in [-0.3, -0.25) is 9.69 Å². The molecule has 0 radical (unpaired) electrons. The van der Waals surface area contributed by atoms with Crippen LogP contribution in [-0.2, 0) is 17.9 Å². The summed E-state index contributed by atoms with van der Waals surface area (Å²) in [5.41, 5.74) is 1.97. The molecular formula is C23H24F4N2O4. The second-order valence-corrected chi connectivity index (χ2v) is 8.01. The van der Waals surface area contributed by atoms with Crippen LogP contribution in [0.3, 0.4) is 0 Å². The first-order valence-corrected chi connectivity index (χ1v) is 10.5. The maximum atomic E-state index is 13.0. The van der Waals surface area contributed by atoms with Gasteiger partial charge >= 0.3 is 12.3 Å². The smallest absolute Gasteiger partial charge is 0.330 e. The molecule has 0 atom stereocenters. The Morgan fingerprint density at radius 2 is 1.76 bits per heavy atom. The molecule has 4 rings (SSSR count). The number of nitrogens with zero attached hydrogens (tertiary/aromatic N) is 2. The van der Waals surface area contributed by atoms with Crippen LogP contribution in [0.25, 0.3) is 0 Å². The Kier molecular flexibility index (Phi) is 7.04. The van der Waals surface area contributed by atoms with Crippen molar-refractivity contribution >= 4 is 5.91 Å². The van der Waals surface area contributed by atoms with Gasteiger partial charge in [0.1, 0.15) is 6.61 Å². The third kappa shape index (κ3) is 5.75. The van der Waals surface area contributed by atoms with E-state index in [1.165, 1.54) is 0 Å². The fourth-order valence-electron chi connectivity index (χ4n) is 3.75. The van der Waals surface area contributed by atoms with Crippen LogP contribution in [0.2, 0.25) is 0 Å². The van der Waals surface area contributed by atoms with Gasteiger partial charge in [-0.05, 0) is 35.4 Å². The van der Waals surface area contributed by atoms with Gasteiger partial charge < -0.3 is 19.1 Å². The highest BCUT2D eigenvalue weighted by Gasteiger charge is 2.40. The van der Waals surface area contributed by atoms with Crippen LogP contribution in [0.5, 0.6) is 11.5 Å². The zero-order chi connectivity index (χ0) is 23.4. The van der Waals surface area contributed by atoms with Crippen molar-refractivity contribution in [3.8, 4) is 11.5 Å². The second-order valence-electron chi connectivity index (χ2n) is 8.01. The number of hydrogen-bond donors (Lipinski definition) is 0. The number of fused-ring (bicyclic) bond motifs is 1.